The van der Waals surface area contributed by atoms with Crippen LogP contribution in [0.25, 0.3) is 0 Å². The highest BCUT2D eigenvalue weighted by atomic mass is 79.9. The number of halogens is 2. The van der Waals surface area contributed by atoms with Crippen molar-refractivity contribution in [3.63, 3.8) is 0 Å². The Balaban J connectivity index is 1.36. The Labute approximate surface area is 238 Å². The number of benzene rings is 4. The van der Waals surface area contributed by atoms with E-state index in [4.69, 9.17) is 9.84 Å². The first-order chi connectivity index (χ1) is 18.5. The third-order valence-corrected chi connectivity index (χ3v) is 7.46. The Hall–Kier alpha value is -3.75. The quantitative estimate of drug-likeness (QED) is 0.171. The first-order valence-electron chi connectivity index (χ1n) is 12.0. The van der Waals surface area contributed by atoms with E-state index in [2.05, 4.69) is 71.7 Å². The maximum Gasteiger partial charge on any atom is 0.272 e. The van der Waals surface area contributed by atoms with Crippen LogP contribution in [-0.2, 0) is 0 Å². The molecule has 1 unspecified atom stereocenters. The van der Waals surface area contributed by atoms with E-state index < -0.39 is 0 Å². The highest BCUT2D eigenvalue weighted by molar-refractivity contribution is 9.10. The van der Waals surface area contributed by atoms with Crippen LogP contribution >= 0.6 is 31.9 Å². The van der Waals surface area contributed by atoms with Gasteiger partial charge in [-0.2, -0.15) is 10.2 Å². The first kappa shape index (κ1) is 25.9. The minimum absolute atomic E-state index is 0.0586. The summed E-state index contributed by atoms with van der Waals surface area (Å²) in [5.41, 5.74) is 8.20. The van der Waals surface area contributed by atoms with E-state index in [1.807, 2.05) is 66.7 Å². The van der Waals surface area contributed by atoms with Gasteiger partial charge in [-0.1, -0.05) is 52.3 Å². The number of methoxy groups -OCH3 is 1. The molecule has 0 radical (unpaired) electrons. The average molecular weight is 632 g/mol. The van der Waals surface area contributed by atoms with Gasteiger partial charge in [-0.05, 0) is 93.3 Å². The largest absolute Gasteiger partial charge is 0.497 e. The van der Waals surface area contributed by atoms with Crippen molar-refractivity contribution in [2.45, 2.75) is 12.5 Å². The van der Waals surface area contributed by atoms with Gasteiger partial charge >= 0.3 is 0 Å². The third-order valence-electron chi connectivity index (χ3n) is 6.24. The molecule has 0 aliphatic carbocycles. The Morgan fingerprint density at radius 2 is 1.68 bits per heavy atom. The van der Waals surface area contributed by atoms with Crippen LogP contribution < -0.4 is 15.2 Å². The Bertz CT molecular complexity index is 1480. The number of hydrazone groups is 2. The Morgan fingerprint density at radius 3 is 2.37 bits per heavy atom. The maximum absolute atomic E-state index is 12.4. The zero-order valence-corrected chi connectivity index (χ0v) is 23.7. The van der Waals surface area contributed by atoms with Crippen molar-refractivity contribution in [1.82, 2.24) is 5.43 Å². The molecule has 8 heteroatoms. The van der Waals surface area contributed by atoms with Crippen molar-refractivity contribution < 1.29 is 9.53 Å². The van der Waals surface area contributed by atoms with Crippen LogP contribution in [0.3, 0.4) is 0 Å². The normalized spacial score (nSPS) is 15.0. The predicted octanol–water partition coefficient (Wildman–Crippen LogP) is 7.34. The van der Waals surface area contributed by atoms with Gasteiger partial charge in [0.15, 0.2) is 0 Å². The number of rotatable bonds is 7. The summed E-state index contributed by atoms with van der Waals surface area (Å²) in [5, 5.41) is 11.2. The third kappa shape index (κ3) is 5.87. The molecule has 0 fully saturated rings. The van der Waals surface area contributed by atoms with E-state index in [-0.39, 0.29) is 11.9 Å². The lowest BCUT2D eigenvalue weighted by Gasteiger charge is -2.24. The molecular formula is C30H24Br2N4O2. The van der Waals surface area contributed by atoms with E-state index in [1.165, 1.54) is 5.56 Å². The zero-order valence-electron chi connectivity index (χ0n) is 20.5. The average Bonchev–Trinajstić information content (AvgIpc) is 3.39. The molecule has 1 aliphatic heterocycles. The van der Waals surface area contributed by atoms with Gasteiger partial charge in [0.1, 0.15) is 5.75 Å². The number of nitrogens with one attached hydrogen (secondary N) is 1. The summed E-state index contributed by atoms with van der Waals surface area (Å²) in [7, 11) is 1.66. The highest BCUT2D eigenvalue weighted by Gasteiger charge is 2.30. The summed E-state index contributed by atoms with van der Waals surface area (Å²) in [6.45, 7) is 0. The van der Waals surface area contributed by atoms with Crippen molar-refractivity contribution in [1.29, 1.82) is 0 Å². The van der Waals surface area contributed by atoms with E-state index in [0.29, 0.717) is 5.56 Å². The van der Waals surface area contributed by atoms with Crippen LogP contribution in [0.15, 0.2) is 116 Å². The van der Waals surface area contributed by atoms with Crippen LogP contribution in [0.4, 0.5) is 5.69 Å². The molecule has 0 bridgehead atoms. The molecule has 1 atom stereocenters. The molecule has 190 valence electrons. The second kappa shape index (κ2) is 11.8. The maximum atomic E-state index is 12.4. The van der Waals surface area contributed by atoms with Crippen molar-refractivity contribution in [3.05, 3.63) is 128 Å². The summed E-state index contributed by atoms with van der Waals surface area (Å²) < 4.78 is 7.07. The number of anilines is 1. The molecule has 0 saturated heterocycles. The molecule has 0 spiro atoms. The number of carbonyl (C=O) groups excluding carboxylic acids is 1. The lowest BCUT2D eigenvalue weighted by atomic mass is 9.98. The summed E-state index contributed by atoms with van der Waals surface area (Å²) in [5.74, 6) is 0.540. The van der Waals surface area contributed by atoms with Gasteiger partial charge in [0.05, 0.1) is 36.3 Å². The Morgan fingerprint density at radius 1 is 0.974 bits per heavy atom. The fourth-order valence-corrected chi connectivity index (χ4v) is 4.96. The van der Waals surface area contributed by atoms with E-state index >= 15 is 0 Å². The standard InChI is InChI=1S/C30H24Br2N4O2/c1-38-25-16-10-21(11-17-25)28-18-29(22-8-12-23(31)13-9-22)36(35-28)24-14-6-20(7-15-24)19-33-34-30(37)26-4-2-3-5-27(26)32/h2-17,19,29H,18H2,1H3,(H,34,37). The highest BCUT2D eigenvalue weighted by Crippen LogP contribution is 2.37. The van der Waals surface area contributed by atoms with Crippen molar-refractivity contribution in [3.8, 4) is 5.75 Å². The van der Waals surface area contributed by atoms with Crippen LogP contribution in [0, 0.1) is 0 Å². The fourth-order valence-electron chi connectivity index (χ4n) is 4.23. The first-order valence-corrected chi connectivity index (χ1v) is 13.5. The number of carbonyl (C=O) groups is 1. The molecule has 1 aliphatic rings. The fraction of sp³-hybridized carbons (Fsp3) is 0.100. The van der Waals surface area contributed by atoms with Gasteiger partial charge in [-0.15, -0.1) is 0 Å². The molecule has 4 aromatic carbocycles. The van der Waals surface area contributed by atoms with Gasteiger partial charge in [-0.3, -0.25) is 9.80 Å². The number of nitrogens with zero attached hydrogens (tertiary/aromatic N) is 3. The number of ether oxygens (including phenoxy) is 1. The number of amides is 1. The van der Waals surface area contributed by atoms with E-state index in [9.17, 15) is 4.79 Å². The zero-order chi connectivity index (χ0) is 26.5. The molecule has 0 saturated carbocycles. The summed E-state index contributed by atoms with van der Waals surface area (Å²) in [6.07, 6.45) is 2.40. The van der Waals surface area contributed by atoms with Crippen molar-refractivity contribution >= 4 is 55.4 Å². The molecule has 5 rings (SSSR count). The van der Waals surface area contributed by atoms with Gasteiger partial charge in [0.25, 0.3) is 5.91 Å². The molecule has 1 heterocycles. The SMILES string of the molecule is COc1ccc(C2=NN(c3ccc(C=NNC(=O)c4ccccc4Br)cc3)C(c3ccc(Br)cc3)C2)cc1. The molecular weight excluding hydrogens is 608 g/mol. The lowest BCUT2D eigenvalue weighted by Crippen LogP contribution is -2.18. The van der Waals surface area contributed by atoms with Crippen LogP contribution in [0.1, 0.15) is 39.5 Å². The van der Waals surface area contributed by atoms with E-state index in [1.54, 1.807) is 19.4 Å². The summed E-state index contributed by atoms with van der Waals surface area (Å²) >= 11 is 6.92. The smallest absolute Gasteiger partial charge is 0.272 e. The summed E-state index contributed by atoms with van der Waals surface area (Å²) in [6, 6.07) is 31.6. The van der Waals surface area contributed by atoms with Crippen molar-refractivity contribution in [2.75, 3.05) is 12.1 Å². The minimum Gasteiger partial charge on any atom is -0.497 e. The number of hydrogen-bond acceptors (Lipinski definition) is 5. The minimum atomic E-state index is -0.278. The molecule has 1 N–H and O–H groups in total. The number of hydrogen-bond donors (Lipinski definition) is 1. The van der Waals surface area contributed by atoms with Crippen LogP contribution in [0.2, 0.25) is 0 Å². The Kier molecular flexibility index (Phi) is 8.00. The van der Waals surface area contributed by atoms with Gasteiger partial charge in [0.2, 0.25) is 0 Å². The summed E-state index contributed by atoms with van der Waals surface area (Å²) in [4.78, 5) is 12.4. The van der Waals surface area contributed by atoms with Gasteiger partial charge in [0, 0.05) is 15.4 Å². The molecule has 38 heavy (non-hydrogen) atoms. The monoisotopic (exact) mass is 630 g/mol. The topological polar surface area (TPSA) is 66.3 Å². The molecule has 1 amide bonds. The van der Waals surface area contributed by atoms with Crippen molar-refractivity contribution in [2.24, 2.45) is 10.2 Å². The van der Waals surface area contributed by atoms with E-state index in [0.717, 1.165) is 43.6 Å². The van der Waals surface area contributed by atoms with Crippen LogP contribution in [-0.4, -0.2) is 24.9 Å². The molecule has 6 nitrogen and oxygen atoms in total. The van der Waals surface area contributed by atoms with Gasteiger partial charge < -0.3 is 4.74 Å². The molecule has 0 aromatic heterocycles. The second-order valence-electron chi connectivity index (χ2n) is 8.66. The molecule has 4 aromatic rings. The lowest BCUT2D eigenvalue weighted by molar-refractivity contribution is 0.0954. The predicted molar refractivity (Wildman–Crippen MR) is 159 cm³/mol. The van der Waals surface area contributed by atoms with Crippen LogP contribution in [0.5, 0.6) is 5.75 Å². The second-order valence-corrected chi connectivity index (χ2v) is 10.4. The van der Waals surface area contributed by atoms with Gasteiger partial charge in [-0.25, -0.2) is 5.43 Å².